The van der Waals surface area contributed by atoms with E-state index in [1.807, 2.05) is 12.1 Å². The number of carbonyl (C=O) groups excluding carboxylic acids is 1. The van der Waals surface area contributed by atoms with Gasteiger partial charge in [-0.1, -0.05) is 12.1 Å². The van der Waals surface area contributed by atoms with E-state index in [-0.39, 0.29) is 11.5 Å². The first-order chi connectivity index (χ1) is 14.0. The van der Waals surface area contributed by atoms with Crippen molar-refractivity contribution in [3.05, 3.63) is 29.8 Å². The Morgan fingerprint density at radius 1 is 1.14 bits per heavy atom. The number of nitrogens with zero attached hydrogens (tertiary/aromatic N) is 3. The van der Waals surface area contributed by atoms with Crippen molar-refractivity contribution in [2.45, 2.75) is 44.8 Å². The summed E-state index contributed by atoms with van der Waals surface area (Å²) in [4.78, 5) is 20.4. The summed E-state index contributed by atoms with van der Waals surface area (Å²) in [5.74, 6) is 1.40. The smallest absolute Gasteiger partial charge is 0.225 e. The molecule has 6 nitrogen and oxygen atoms in total. The molecule has 0 N–H and O–H groups in total. The number of hydrogen-bond acceptors (Lipinski definition) is 5. The number of fused-ring (bicyclic) bond motifs is 1. The normalized spacial score (nSPS) is 26.2. The van der Waals surface area contributed by atoms with E-state index in [2.05, 4.69) is 40.7 Å². The van der Waals surface area contributed by atoms with Gasteiger partial charge < -0.3 is 14.4 Å². The molecule has 0 aromatic heterocycles. The molecule has 1 unspecified atom stereocenters. The topological polar surface area (TPSA) is 45.3 Å². The fourth-order valence-electron chi connectivity index (χ4n) is 5.32. The van der Waals surface area contributed by atoms with Crippen LogP contribution in [-0.2, 0) is 16.1 Å². The van der Waals surface area contributed by atoms with E-state index in [4.69, 9.17) is 9.47 Å². The molecular formula is C23H35N3O3. The summed E-state index contributed by atoms with van der Waals surface area (Å²) in [6.07, 6.45) is 1.75. The average Bonchev–Trinajstić information content (AvgIpc) is 2.73. The molecule has 1 amide bonds. The Bertz CT molecular complexity index is 700. The van der Waals surface area contributed by atoms with Crippen molar-refractivity contribution < 1.29 is 14.3 Å². The third kappa shape index (κ3) is 4.60. The zero-order valence-corrected chi connectivity index (χ0v) is 18.1. The number of benzene rings is 1. The van der Waals surface area contributed by atoms with Crippen LogP contribution < -0.4 is 4.74 Å². The maximum Gasteiger partial charge on any atom is 0.225 e. The third-order valence-electron chi connectivity index (χ3n) is 6.79. The minimum Gasteiger partial charge on any atom is -0.497 e. The lowest BCUT2D eigenvalue weighted by molar-refractivity contribution is -0.146. The Hall–Kier alpha value is -1.63. The zero-order valence-electron chi connectivity index (χ0n) is 18.1. The minimum atomic E-state index is 0.114. The Morgan fingerprint density at radius 2 is 1.86 bits per heavy atom. The fraction of sp³-hybridized carbons (Fsp3) is 0.696. The molecule has 6 heteroatoms. The highest BCUT2D eigenvalue weighted by Crippen LogP contribution is 2.30. The molecule has 3 aliphatic heterocycles. The first-order valence-corrected chi connectivity index (χ1v) is 10.9. The number of amides is 1. The van der Waals surface area contributed by atoms with Gasteiger partial charge in [0.15, 0.2) is 0 Å². The summed E-state index contributed by atoms with van der Waals surface area (Å²) in [6.45, 7) is 11.8. The fourth-order valence-corrected chi connectivity index (χ4v) is 5.32. The SMILES string of the molecule is COc1ccc(CN2CC3CN(C(=O)C4CCOCC4)CCN3C(C)(C)C2)cc1. The van der Waals surface area contributed by atoms with E-state index < -0.39 is 0 Å². The van der Waals surface area contributed by atoms with E-state index >= 15 is 0 Å². The number of ether oxygens (including phenoxy) is 2. The monoisotopic (exact) mass is 401 g/mol. The van der Waals surface area contributed by atoms with Crippen LogP contribution in [0.15, 0.2) is 24.3 Å². The molecule has 0 radical (unpaired) electrons. The number of carbonyl (C=O) groups is 1. The van der Waals surface area contributed by atoms with Crippen molar-refractivity contribution in [2.75, 3.05) is 53.0 Å². The van der Waals surface area contributed by atoms with Gasteiger partial charge in [0, 0.05) is 70.0 Å². The quantitative estimate of drug-likeness (QED) is 0.774. The standard InChI is InChI=1S/C23H35N3O3/c1-23(2)17-24(14-18-4-6-21(28-3)7-5-18)15-20-16-25(10-11-26(20)23)22(27)19-8-12-29-13-9-19/h4-7,19-20H,8-17H2,1-3H3. The molecule has 160 valence electrons. The Kier molecular flexibility index (Phi) is 6.13. The highest BCUT2D eigenvalue weighted by molar-refractivity contribution is 5.79. The maximum absolute atomic E-state index is 13.0. The molecular weight excluding hydrogens is 366 g/mol. The molecule has 3 fully saturated rings. The van der Waals surface area contributed by atoms with Crippen LogP contribution in [0.3, 0.4) is 0 Å². The predicted molar refractivity (Wildman–Crippen MR) is 113 cm³/mol. The Morgan fingerprint density at radius 3 is 2.55 bits per heavy atom. The van der Waals surface area contributed by atoms with Gasteiger partial charge in [0.05, 0.1) is 7.11 Å². The molecule has 0 saturated carbocycles. The van der Waals surface area contributed by atoms with E-state index in [0.717, 1.165) is 71.1 Å². The van der Waals surface area contributed by atoms with Crippen molar-refractivity contribution in [2.24, 2.45) is 5.92 Å². The highest BCUT2D eigenvalue weighted by Gasteiger charge is 2.43. The first kappa shape index (κ1) is 20.6. The molecule has 4 rings (SSSR count). The lowest BCUT2D eigenvalue weighted by Gasteiger charge is -2.56. The van der Waals surface area contributed by atoms with Crippen LogP contribution in [0.1, 0.15) is 32.3 Å². The number of piperazine rings is 2. The van der Waals surface area contributed by atoms with Gasteiger partial charge in [-0.2, -0.15) is 0 Å². The van der Waals surface area contributed by atoms with Gasteiger partial charge in [0.1, 0.15) is 5.75 Å². The number of hydrogen-bond donors (Lipinski definition) is 0. The lowest BCUT2D eigenvalue weighted by atomic mass is 9.91. The van der Waals surface area contributed by atoms with Crippen LogP contribution in [0.4, 0.5) is 0 Å². The summed E-state index contributed by atoms with van der Waals surface area (Å²) in [6, 6.07) is 8.77. The molecule has 0 bridgehead atoms. The van der Waals surface area contributed by atoms with Crippen molar-refractivity contribution in [1.29, 1.82) is 0 Å². The largest absolute Gasteiger partial charge is 0.497 e. The lowest BCUT2D eigenvalue weighted by Crippen LogP contribution is -2.70. The van der Waals surface area contributed by atoms with Gasteiger partial charge in [0.2, 0.25) is 5.91 Å². The second-order valence-electron chi connectivity index (χ2n) is 9.35. The second kappa shape index (κ2) is 8.62. The van der Waals surface area contributed by atoms with E-state index in [1.165, 1.54) is 5.56 Å². The van der Waals surface area contributed by atoms with Gasteiger partial charge in [-0.05, 0) is 44.4 Å². The Balaban J connectivity index is 1.41. The minimum absolute atomic E-state index is 0.114. The maximum atomic E-state index is 13.0. The molecule has 1 atom stereocenters. The molecule has 29 heavy (non-hydrogen) atoms. The summed E-state index contributed by atoms with van der Waals surface area (Å²) in [5, 5.41) is 0. The van der Waals surface area contributed by atoms with Crippen LogP contribution >= 0.6 is 0 Å². The summed E-state index contributed by atoms with van der Waals surface area (Å²) in [7, 11) is 1.70. The Labute approximate surface area is 174 Å². The molecule has 0 spiro atoms. The van der Waals surface area contributed by atoms with Gasteiger partial charge in [0.25, 0.3) is 0 Å². The van der Waals surface area contributed by atoms with Crippen molar-refractivity contribution in [3.63, 3.8) is 0 Å². The van der Waals surface area contributed by atoms with Crippen LogP contribution in [0.25, 0.3) is 0 Å². The molecule has 3 heterocycles. The van der Waals surface area contributed by atoms with Gasteiger partial charge in [-0.25, -0.2) is 0 Å². The number of rotatable bonds is 4. The average molecular weight is 402 g/mol. The van der Waals surface area contributed by atoms with E-state index in [1.54, 1.807) is 7.11 Å². The van der Waals surface area contributed by atoms with Crippen molar-refractivity contribution >= 4 is 5.91 Å². The van der Waals surface area contributed by atoms with Crippen LogP contribution in [-0.4, -0.2) is 85.2 Å². The molecule has 1 aromatic rings. The molecule has 1 aromatic carbocycles. The number of methoxy groups -OCH3 is 1. The second-order valence-corrected chi connectivity index (χ2v) is 9.35. The summed E-state index contributed by atoms with van der Waals surface area (Å²) in [5.41, 5.74) is 1.42. The van der Waals surface area contributed by atoms with Crippen LogP contribution in [0.5, 0.6) is 5.75 Å². The summed E-state index contributed by atoms with van der Waals surface area (Å²) < 4.78 is 10.7. The van der Waals surface area contributed by atoms with Gasteiger partial charge >= 0.3 is 0 Å². The van der Waals surface area contributed by atoms with Crippen molar-refractivity contribution in [3.8, 4) is 5.75 Å². The van der Waals surface area contributed by atoms with Crippen molar-refractivity contribution in [1.82, 2.24) is 14.7 Å². The summed E-state index contributed by atoms with van der Waals surface area (Å²) >= 11 is 0. The van der Waals surface area contributed by atoms with Crippen LogP contribution in [0.2, 0.25) is 0 Å². The first-order valence-electron chi connectivity index (χ1n) is 10.9. The zero-order chi connectivity index (χ0) is 20.4. The molecule has 3 saturated heterocycles. The third-order valence-corrected chi connectivity index (χ3v) is 6.79. The molecule has 0 aliphatic carbocycles. The predicted octanol–water partition coefficient (Wildman–Crippen LogP) is 2.23. The van der Waals surface area contributed by atoms with Gasteiger partial charge in [-0.15, -0.1) is 0 Å². The van der Waals surface area contributed by atoms with Crippen LogP contribution in [0, 0.1) is 5.92 Å². The van der Waals surface area contributed by atoms with E-state index in [9.17, 15) is 4.79 Å². The van der Waals surface area contributed by atoms with E-state index in [0.29, 0.717) is 11.9 Å². The van der Waals surface area contributed by atoms with Gasteiger partial charge in [-0.3, -0.25) is 14.6 Å². The highest BCUT2D eigenvalue weighted by atomic mass is 16.5. The molecule has 3 aliphatic rings.